The number of nitrogens with zero attached hydrogens (tertiary/aromatic N) is 1. The molecule has 1 aliphatic heterocycles. The normalized spacial score (nSPS) is 20.1. The van der Waals surface area contributed by atoms with Crippen molar-refractivity contribution >= 4 is 18.0 Å². The average Bonchev–Trinajstić information content (AvgIpc) is 3.38. The highest BCUT2D eigenvalue weighted by Crippen LogP contribution is 2.44. The summed E-state index contributed by atoms with van der Waals surface area (Å²) in [5.41, 5.74) is 3.44. The third kappa shape index (κ3) is 4.19. The van der Waals surface area contributed by atoms with Gasteiger partial charge in [-0.3, -0.25) is 4.79 Å². The number of carboxylic acid groups (broad SMARTS) is 1. The van der Waals surface area contributed by atoms with Gasteiger partial charge < -0.3 is 20.1 Å². The van der Waals surface area contributed by atoms with Gasteiger partial charge in [0.25, 0.3) is 0 Å². The van der Waals surface area contributed by atoms with Crippen LogP contribution in [-0.4, -0.2) is 52.7 Å². The second-order valence-electron chi connectivity index (χ2n) is 8.91. The van der Waals surface area contributed by atoms with Gasteiger partial charge in [-0.25, -0.2) is 9.59 Å². The van der Waals surface area contributed by atoms with Crippen LogP contribution in [0.2, 0.25) is 0 Å². The molecule has 0 radical (unpaired) electrons. The number of amides is 2. The lowest BCUT2D eigenvalue weighted by Gasteiger charge is -2.34. The fraction of sp³-hybridized carbons (Fsp3) is 0.423. The molecule has 1 fully saturated rings. The standard InChI is InChI=1S/C26H30N2O5/c1-3-26(24(30)31)13-8-14-28(26)23(29)15-17(2)27-25(32)33-16-22-20-11-6-4-9-18(20)19-10-5-7-12-21(19)22/h4-7,9-12,17,22H,3,8,13-16H2,1-2H3,(H,27,32)(H,30,31). The summed E-state index contributed by atoms with van der Waals surface area (Å²) in [6, 6.07) is 15.8. The first-order valence-electron chi connectivity index (χ1n) is 11.5. The molecule has 1 aliphatic carbocycles. The SMILES string of the molecule is CCC1(C(=O)O)CCCN1C(=O)CC(C)NC(=O)OCC1c2ccccc2-c2ccccc21. The Balaban J connectivity index is 1.34. The van der Waals surface area contributed by atoms with Gasteiger partial charge in [-0.2, -0.15) is 0 Å². The van der Waals surface area contributed by atoms with E-state index in [2.05, 4.69) is 29.6 Å². The van der Waals surface area contributed by atoms with Crippen molar-refractivity contribution in [3.8, 4) is 11.1 Å². The Kier molecular flexibility index (Phi) is 6.40. The van der Waals surface area contributed by atoms with Crippen LogP contribution in [0.1, 0.15) is 56.6 Å². The predicted octanol–water partition coefficient (Wildman–Crippen LogP) is 4.16. The van der Waals surface area contributed by atoms with Crippen LogP contribution in [0, 0.1) is 0 Å². The molecular weight excluding hydrogens is 420 g/mol. The molecule has 0 aromatic heterocycles. The zero-order chi connectivity index (χ0) is 23.6. The summed E-state index contributed by atoms with van der Waals surface area (Å²) in [6.45, 7) is 4.14. The molecule has 2 unspecified atom stereocenters. The maximum absolute atomic E-state index is 12.8. The number of hydrogen-bond donors (Lipinski definition) is 2. The van der Waals surface area contributed by atoms with Crippen LogP contribution < -0.4 is 5.32 Å². The van der Waals surface area contributed by atoms with Crippen molar-refractivity contribution < 1.29 is 24.2 Å². The molecule has 0 bridgehead atoms. The van der Waals surface area contributed by atoms with Crippen molar-refractivity contribution in [1.82, 2.24) is 10.2 Å². The zero-order valence-corrected chi connectivity index (χ0v) is 19.0. The van der Waals surface area contributed by atoms with E-state index < -0.39 is 23.6 Å². The highest BCUT2D eigenvalue weighted by molar-refractivity contribution is 5.88. The third-order valence-corrected chi connectivity index (χ3v) is 6.96. The Morgan fingerprint density at radius 3 is 2.30 bits per heavy atom. The Morgan fingerprint density at radius 1 is 1.12 bits per heavy atom. The first kappa shape index (κ1) is 22.8. The maximum Gasteiger partial charge on any atom is 0.407 e. The van der Waals surface area contributed by atoms with E-state index in [0.29, 0.717) is 25.8 Å². The molecule has 7 nitrogen and oxygen atoms in total. The van der Waals surface area contributed by atoms with Crippen LogP contribution >= 0.6 is 0 Å². The number of hydrogen-bond acceptors (Lipinski definition) is 4. The molecule has 2 aliphatic rings. The van der Waals surface area contributed by atoms with E-state index in [4.69, 9.17) is 4.74 Å². The van der Waals surface area contributed by atoms with Crippen LogP contribution in [0.3, 0.4) is 0 Å². The molecule has 2 N–H and O–H groups in total. The average molecular weight is 451 g/mol. The van der Waals surface area contributed by atoms with Gasteiger partial charge in [-0.05, 0) is 48.4 Å². The first-order valence-corrected chi connectivity index (χ1v) is 11.5. The van der Waals surface area contributed by atoms with E-state index in [9.17, 15) is 19.5 Å². The van der Waals surface area contributed by atoms with Gasteiger partial charge >= 0.3 is 12.1 Å². The fourth-order valence-corrected chi connectivity index (χ4v) is 5.25. The van der Waals surface area contributed by atoms with E-state index in [-0.39, 0.29) is 24.9 Å². The molecule has 0 spiro atoms. The molecule has 2 amide bonds. The van der Waals surface area contributed by atoms with E-state index >= 15 is 0 Å². The lowest BCUT2D eigenvalue weighted by Crippen LogP contribution is -2.53. The van der Waals surface area contributed by atoms with Crippen molar-refractivity contribution in [2.45, 2.75) is 57.0 Å². The number of carbonyl (C=O) groups excluding carboxylic acids is 2. The quantitative estimate of drug-likeness (QED) is 0.660. The van der Waals surface area contributed by atoms with Crippen molar-refractivity contribution in [2.75, 3.05) is 13.2 Å². The number of benzene rings is 2. The molecule has 2 aromatic rings. The highest BCUT2D eigenvalue weighted by atomic mass is 16.5. The maximum atomic E-state index is 12.8. The highest BCUT2D eigenvalue weighted by Gasteiger charge is 2.48. The van der Waals surface area contributed by atoms with Crippen LogP contribution in [-0.2, 0) is 14.3 Å². The minimum Gasteiger partial charge on any atom is -0.479 e. The molecule has 1 heterocycles. The minimum absolute atomic E-state index is 0.0270. The Hall–Kier alpha value is -3.35. The van der Waals surface area contributed by atoms with Gasteiger partial charge in [-0.1, -0.05) is 55.5 Å². The van der Waals surface area contributed by atoms with Gasteiger partial charge in [0.15, 0.2) is 0 Å². The lowest BCUT2D eigenvalue weighted by molar-refractivity contribution is -0.157. The van der Waals surface area contributed by atoms with E-state index in [0.717, 1.165) is 22.3 Å². The number of carboxylic acids is 1. The predicted molar refractivity (Wildman–Crippen MR) is 124 cm³/mol. The zero-order valence-electron chi connectivity index (χ0n) is 19.0. The summed E-state index contributed by atoms with van der Waals surface area (Å²) in [7, 11) is 0. The molecule has 2 atom stereocenters. The number of rotatable bonds is 7. The molecule has 174 valence electrons. The molecule has 33 heavy (non-hydrogen) atoms. The van der Waals surface area contributed by atoms with E-state index in [1.54, 1.807) is 13.8 Å². The summed E-state index contributed by atoms with van der Waals surface area (Å²) in [6.07, 6.45) is 0.930. The number of aliphatic carboxylic acids is 1. The topological polar surface area (TPSA) is 95.9 Å². The molecule has 7 heteroatoms. The van der Waals surface area contributed by atoms with Crippen LogP contribution in [0.15, 0.2) is 48.5 Å². The molecule has 2 aromatic carbocycles. The molecular formula is C26H30N2O5. The third-order valence-electron chi connectivity index (χ3n) is 6.96. The van der Waals surface area contributed by atoms with E-state index in [1.165, 1.54) is 4.90 Å². The van der Waals surface area contributed by atoms with Gasteiger partial charge in [0.1, 0.15) is 12.1 Å². The molecule has 4 rings (SSSR count). The van der Waals surface area contributed by atoms with Crippen molar-refractivity contribution in [3.05, 3.63) is 59.7 Å². The number of likely N-dealkylation sites (tertiary alicyclic amines) is 1. The van der Waals surface area contributed by atoms with Crippen LogP contribution in [0.25, 0.3) is 11.1 Å². The van der Waals surface area contributed by atoms with Crippen molar-refractivity contribution in [1.29, 1.82) is 0 Å². The summed E-state index contributed by atoms with van der Waals surface area (Å²) in [5.74, 6) is -1.26. The van der Waals surface area contributed by atoms with Gasteiger partial charge in [0, 0.05) is 24.9 Å². The van der Waals surface area contributed by atoms with Crippen LogP contribution in [0.5, 0.6) is 0 Å². The Labute approximate surface area is 193 Å². The number of fused-ring (bicyclic) bond motifs is 3. The van der Waals surface area contributed by atoms with E-state index in [1.807, 2.05) is 24.3 Å². The lowest BCUT2D eigenvalue weighted by atomic mass is 9.92. The van der Waals surface area contributed by atoms with Crippen molar-refractivity contribution in [2.24, 2.45) is 0 Å². The Morgan fingerprint density at radius 2 is 1.73 bits per heavy atom. The Bertz CT molecular complexity index is 1020. The summed E-state index contributed by atoms with van der Waals surface area (Å²) in [4.78, 5) is 38.6. The largest absolute Gasteiger partial charge is 0.479 e. The summed E-state index contributed by atoms with van der Waals surface area (Å²) < 4.78 is 5.55. The minimum atomic E-state index is -1.14. The smallest absolute Gasteiger partial charge is 0.407 e. The molecule has 1 saturated heterocycles. The second kappa shape index (κ2) is 9.25. The van der Waals surface area contributed by atoms with Crippen LogP contribution in [0.4, 0.5) is 4.79 Å². The van der Waals surface area contributed by atoms with Gasteiger partial charge in [0.2, 0.25) is 5.91 Å². The summed E-state index contributed by atoms with van der Waals surface area (Å²) >= 11 is 0. The van der Waals surface area contributed by atoms with Gasteiger partial charge in [-0.15, -0.1) is 0 Å². The molecule has 0 saturated carbocycles. The number of ether oxygens (including phenoxy) is 1. The fourth-order valence-electron chi connectivity index (χ4n) is 5.25. The monoisotopic (exact) mass is 450 g/mol. The number of nitrogens with one attached hydrogen (secondary N) is 1. The first-order chi connectivity index (χ1) is 15.9. The number of carbonyl (C=O) groups is 3. The number of alkyl carbamates (subject to hydrolysis) is 1. The summed E-state index contributed by atoms with van der Waals surface area (Å²) in [5, 5.41) is 12.4. The van der Waals surface area contributed by atoms with Gasteiger partial charge in [0.05, 0.1) is 0 Å². The second-order valence-corrected chi connectivity index (χ2v) is 8.91. The van der Waals surface area contributed by atoms with Crippen molar-refractivity contribution in [3.63, 3.8) is 0 Å².